The molecule has 110 valence electrons. The average molecular weight is 293 g/mol. The van der Waals surface area contributed by atoms with Crippen molar-refractivity contribution in [2.75, 3.05) is 43.1 Å². The van der Waals surface area contributed by atoms with Crippen LogP contribution in [0.3, 0.4) is 0 Å². The Balaban J connectivity index is 2.07. The van der Waals surface area contributed by atoms with Crippen molar-refractivity contribution >= 4 is 23.5 Å². The molecular formula is C14H23N5S. The summed E-state index contributed by atoms with van der Waals surface area (Å²) in [5.74, 6) is 1.49. The first kappa shape index (κ1) is 13.9. The zero-order valence-corrected chi connectivity index (χ0v) is 13.1. The van der Waals surface area contributed by atoms with Crippen LogP contribution in [-0.4, -0.2) is 42.4 Å². The lowest BCUT2D eigenvalue weighted by molar-refractivity contribution is 0.522. The van der Waals surface area contributed by atoms with Gasteiger partial charge in [-0.3, -0.25) is 0 Å². The lowest BCUT2D eigenvalue weighted by Crippen LogP contribution is -2.45. The number of piperazine rings is 1. The van der Waals surface area contributed by atoms with E-state index in [9.17, 15) is 0 Å². The normalized spacial score (nSPS) is 26.4. The van der Waals surface area contributed by atoms with Gasteiger partial charge in [0, 0.05) is 31.7 Å². The van der Waals surface area contributed by atoms with Crippen molar-refractivity contribution in [1.82, 2.24) is 15.3 Å². The van der Waals surface area contributed by atoms with Gasteiger partial charge in [0.05, 0.1) is 10.4 Å². The first-order valence-corrected chi connectivity index (χ1v) is 8.54. The average Bonchev–Trinajstić information content (AvgIpc) is 2.48. The summed E-state index contributed by atoms with van der Waals surface area (Å²) < 4.78 is 0.0768. The standard InChI is InChI=1S/C14H23N5S/c1-14(20-2)5-3-4-10-11(14)17-13(15)18-12(10)19-8-6-16-7-9-19/h16H,3-9H2,1-2H3,(H2,15,17,18). The van der Waals surface area contributed by atoms with E-state index in [0.29, 0.717) is 5.95 Å². The molecule has 1 aliphatic carbocycles. The summed E-state index contributed by atoms with van der Waals surface area (Å²) in [6.45, 7) is 6.30. The van der Waals surface area contributed by atoms with Gasteiger partial charge in [-0.2, -0.15) is 16.7 Å². The van der Waals surface area contributed by atoms with E-state index in [1.807, 2.05) is 11.8 Å². The van der Waals surface area contributed by atoms with Gasteiger partial charge in [-0.1, -0.05) is 0 Å². The second kappa shape index (κ2) is 5.41. The number of nitrogens with one attached hydrogen (secondary N) is 1. The zero-order chi connectivity index (χ0) is 14.2. The van der Waals surface area contributed by atoms with Crippen LogP contribution in [0.15, 0.2) is 0 Å². The molecule has 0 spiro atoms. The highest BCUT2D eigenvalue weighted by Gasteiger charge is 2.36. The van der Waals surface area contributed by atoms with E-state index in [0.717, 1.165) is 44.1 Å². The summed E-state index contributed by atoms with van der Waals surface area (Å²) in [5, 5.41) is 3.39. The maximum Gasteiger partial charge on any atom is 0.222 e. The van der Waals surface area contributed by atoms with Crippen LogP contribution in [0.25, 0.3) is 0 Å². The van der Waals surface area contributed by atoms with Crippen LogP contribution in [0.4, 0.5) is 11.8 Å². The van der Waals surface area contributed by atoms with Gasteiger partial charge >= 0.3 is 0 Å². The van der Waals surface area contributed by atoms with Gasteiger partial charge < -0.3 is 16.0 Å². The Labute approximate surface area is 124 Å². The highest BCUT2D eigenvalue weighted by atomic mass is 32.2. The lowest BCUT2D eigenvalue weighted by Gasteiger charge is -2.37. The molecule has 5 nitrogen and oxygen atoms in total. The number of nitrogen functional groups attached to an aromatic ring is 1. The summed E-state index contributed by atoms with van der Waals surface area (Å²) in [6, 6.07) is 0. The van der Waals surface area contributed by atoms with E-state index < -0.39 is 0 Å². The second-order valence-corrected chi connectivity index (χ2v) is 7.07. The van der Waals surface area contributed by atoms with Crippen molar-refractivity contribution < 1.29 is 0 Å². The van der Waals surface area contributed by atoms with E-state index in [1.54, 1.807) is 0 Å². The molecule has 2 heterocycles. The molecule has 20 heavy (non-hydrogen) atoms. The van der Waals surface area contributed by atoms with E-state index in [2.05, 4.69) is 33.4 Å². The molecule has 0 amide bonds. The van der Waals surface area contributed by atoms with Crippen LogP contribution >= 0.6 is 11.8 Å². The first-order valence-electron chi connectivity index (χ1n) is 7.32. The van der Waals surface area contributed by atoms with Crippen LogP contribution in [0.1, 0.15) is 31.0 Å². The second-order valence-electron chi connectivity index (χ2n) is 5.76. The van der Waals surface area contributed by atoms with Crippen LogP contribution in [-0.2, 0) is 11.2 Å². The summed E-state index contributed by atoms with van der Waals surface area (Å²) in [4.78, 5) is 11.5. The first-order chi connectivity index (χ1) is 9.64. The summed E-state index contributed by atoms with van der Waals surface area (Å²) in [6.07, 6.45) is 5.61. The number of hydrogen-bond donors (Lipinski definition) is 2. The number of fused-ring (bicyclic) bond motifs is 1. The number of hydrogen-bond acceptors (Lipinski definition) is 6. The fraction of sp³-hybridized carbons (Fsp3) is 0.714. The predicted octanol–water partition coefficient (Wildman–Crippen LogP) is 1.38. The van der Waals surface area contributed by atoms with E-state index in [4.69, 9.17) is 5.73 Å². The molecule has 0 bridgehead atoms. The molecule has 2 aliphatic rings. The fourth-order valence-electron chi connectivity index (χ4n) is 3.21. The molecule has 1 aromatic heterocycles. The molecule has 1 unspecified atom stereocenters. The molecule has 1 atom stereocenters. The van der Waals surface area contributed by atoms with Crippen LogP contribution in [0, 0.1) is 0 Å². The van der Waals surface area contributed by atoms with E-state index >= 15 is 0 Å². The number of thioether (sulfide) groups is 1. The largest absolute Gasteiger partial charge is 0.368 e. The number of rotatable bonds is 2. The molecule has 1 saturated heterocycles. The molecule has 1 fully saturated rings. The minimum Gasteiger partial charge on any atom is -0.368 e. The Kier molecular flexibility index (Phi) is 3.77. The highest BCUT2D eigenvalue weighted by Crippen LogP contribution is 2.45. The third kappa shape index (κ3) is 2.35. The number of nitrogens with two attached hydrogens (primary N) is 1. The number of aromatic nitrogens is 2. The SMILES string of the molecule is CSC1(C)CCCc2c(N3CCNCC3)nc(N)nc21. The summed E-state index contributed by atoms with van der Waals surface area (Å²) in [5.41, 5.74) is 8.48. The quantitative estimate of drug-likeness (QED) is 0.859. The molecular weight excluding hydrogens is 270 g/mol. The van der Waals surface area contributed by atoms with Crippen molar-refractivity contribution in [2.45, 2.75) is 30.9 Å². The molecule has 0 aromatic carbocycles. The van der Waals surface area contributed by atoms with Crippen molar-refractivity contribution in [3.8, 4) is 0 Å². The third-order valence-electron chi connectivity index (χ3n) is 4.45. The minimum atomic E-state index is 0.0768. The predicted molar refractivity (Wildman–Crippen MR) is 85.3 cm³/mol. The molecule has 3 rings (SSSR count). The van der Waals surface area contributed by atoms with E-state index in [-0.39, 0.29) is 4.75 Å². The number of nitrogens with zero attached hydrogens (tertiary/aromatic N) is 3. The van der Waals surface area contributed by atoms with Crippen molar-refractivity contribution in [1.29, 1.82) is 0 Å². The molecule has 1 aliphatic heterocycles. The summed E-state index contributed by atoms with van der Waals surface area (Å²) in [7, 11) is 0. The molecule has 0 saturated carbocycles. The molecule has 0 radical (unpaired) electrons. The summed E-state index contributed by atoms with van der Waals surface area (Å²) >= 11 is 1.88. The molecule has 1 aromatic rings. The minimum absolute atomic E-state index is 0.0768. The van der Waals surface area contributed by atoms with Gasteiger partial charge in [-0.25, -0.2) is 4.98 Å². The topological polar surface area (TPSA) is 67.1 Å². The smallest absolute Gasteiger partial charge is 0.222 e. The van der Waals surface area contributed by atoms with Crippen molar-refractivity contribution in [3.05, 3.63) is 11.3 Å². The maximum absolute atomic E-state index is 5.99. The van der Waals surface area contributed by atoms with Crippen LogP contribution < -0.4 is 16.0 Å². The lowest BCUT2D eigenvalue weighted by atomic mass is 9.87. The Bertz CT molecular complexity index is 501. The van der Waals surface area contributed by atoms with Gasteiger partial charge in [0.25, 0.3) is 0 Å². The Morgan fingerprint density at radius 3 is 2.75 bits per heavy atom. The van der Waals surface area contributed by atoms with Gasteiger partial charge in [0.2, 0.25) is 5.95 Å². The Morgan fingerprint density at radius 2 is 2.05 bits per heavy atom. The maximum atomic E-state index is 5.99. The fourth-order valence-corrected chi connectivity index (χ4v) is 3.93. The number of anilines is 2. The van der Waals surface area contributed by atoms with Crippen LogP contribution in [0.2, 0.25) is 0 Å². The monoisotopic (exact) mass is 293 g/mol. The van der Waals surface area contributed by atoms with Gasteiger partial charge in [-0.05, 0) is 32.4 Å². The van der Waals surface area contributed by atoms with Crippen molar-refractivity contribution in [2.24, 2.45) is 0 Å². The van der Waals surface area contributed by atoms with Crippen LogP contribution in [0.5, 0.6) is 0 Å². The van der Waals surface area contributed by atoms with E-state index in [1.165, 1.54) is 18.4 Å². The highest BCUT2D eigenvalue weighted by molar-refractivity contribution is 7.99. The van der Waals surface area contributed by atoms with Gasteiger partial charge in [-0.15, -0.1) is 0 Å². The van der Waals surface area contributed by atoms with Crippen molar-refractivity contribution in [3.63, 3.8) is 0 Å². The molecule has 3 N–H and O–H groups in total. The molecule has 6 heteroatoms. The van der Waals surface area contributed by atoms with Gasteiger partial charge in [0.1, 0.15) is 5.82 Å². The Hall–Kier alpha value is -1.01. The zero-order valence-electron chi connectivity index (χ0n) is 12.3. The third-order valence-corrected chi connectivity index (χ3v) is 5.75. The Morgan fingerprint density at radius 1 is 1.30 bits per heavy atom. The van der Waals surface area contributed by atoms with Gasteiger partial charge in [0.15, 0.2) is 0 Å².